The minimum Gasteiger partial charge on any atom is -0.387 e. The van der Waals surface area contributed by atoms with Gasteiger partial charge in [-0.3, -0.25) is 4.79 Å². The first-order valence-corrected chi connectivity index (χ1v) is 7.38. The van der Waals surface area contributed by atoms with E-state index in [9.17, 15) is 14.3 Å². The molecule has 1 heterocycles. The smallest absolute Gasteiger partial charge is 0.222 e. The molecule has 2 rings (SSSR count). The largest absolute Gasteiger partial charge is 0.387 e. The highest BCUT2D eigenvalue weighted by molar-refractivity contribution is 5.78. The third kappa shape index (κ3) is 4.25. The van der Waals surface area contributed by atoms with Gasteiger partial charge in [0.2, 0.25) is 5.91 Å². The van der Waals surface area contributed by atoms with Gasteiger partial charge in [-0.2, -0.15) is 0 Å². The number of amides is 1. The molecule has 0 radical (unpaired) electrons. The molecule has 1 aromatic carbocycles. The number of aliphatic hydroxyl groups is 1. The zero-order chi connectivity index (χ0) is 15.4. The molecule has 1 aromatic rings. The molecule has 1 unspecified atom stereocenters. The van der Waals surface area contributed by atoms with Crippen molar-refractivity contribution in [2.75, 3.05) is 33.2 Å². The molecule has 0 aromatic heterocycles. The van der Waals surface area contributed by atoms with E-state index in [0.717, 1.165) is 30.6 Å². The Kier molecular flexibility index (Phi) is 5.31. The molecular weight excluding hydrogens is 271 g/mol. The molecule has 1 N–H and O–H groups in total. The van der Waals surface area contributed by atoms with Crippen LogP contribution in [-0.4, -0.2) is 54.0 Å². The van der Waals surface area contributed by atoms with Crippen LogP contribution in [0.3, 0.4) is 0 Å². The lowest BCUT2D eigenvalue weighted by molar-refractivity contribution is -0.127. The summed E-state index contributed by atoms with van der Waals surface area (Å²) in [6.45, 7) is 4.53. The van der Waals surface area contributed by atoms with Crippen molar-refractivity contribution in [3.63, 3.8) is 0 Å². The van der Waals surface area contributed by atoms with Crippen molar-refractivity contribution in [3.05, 3.63) is 35.1 Å². The lowest BCUT2D eigenvalue weighted by Crippen LogP contribution is -2.35. The highest BCUT2D eigenvalue weighted by Gasteiger charge is 2.20. The molecule has 0 saturated carbocycles. The van der Waals surface area contributed by atoms with Gasteiger partial charge in [0.15, 0.2) is 0 Å². The number of likely N-dealkylation sites (N-methyl/N-ethyl adjacent to an activating group) is 1. The van der Waals surface area contributed by atoms with Gasteiger partial charge >= 0.3 is 0 Å². The molecule has 21 heavy (non-hydrogen) atoms. The number of aryl methyl sites for hydroxylation is 1. The van der Waals surface area contributed by atoms with Gasteiger partial charge in [0.1, 0.15) is 5.82 Å². The Labute approximate surface area is 125 Å². The third-order valence-electron chi connectivity index (χ3n) is 4.00. The minimum absolute atomic E-state index is 0.221. The van der Waals surface area contributed by atoms with Gasteiger partial charge < -0.3 is 14.9 Å². The van der Waals surface area contributed by atoms with Crippen LogP contribution in [0.1, 0.15) is 30.1 Å². The second kappa shape index (κ2) is 7.00. The van der Waals surface area contributed by atoms with Gasteiger partial charge in [0, 0.05) is 32.6 Å². The summed E-state index contributed by atoms with van der Waals surface area (Å²) in [6, 6.07) is 4.43. The number of aliphatic hydroxyl groups excluding tert-OH is 1. The standard InChI is InChI=1S/C16H23FN2O2/c1-12-10-13(17)5-6-14(12)15(20)11-18(2)8-9-19-7-3-4-16(19)21/h5-6,10,15,20H,3-4,7-9,11H2,1-2H3. The Hall–Kier alpha value is -1.46. The molecule has 0 spiro atoms. The second-order valence-electron chi connectivity index (χ2n) is 5.76. The van der Waals surface area contributed by atoms with Crippen LogP contribution in [0.2, 0.25) is 0 Å². The second-order valence-corrected chi connectivity index (χ2v) is 5.76. The van der Waals surface area contributed by atoms with Crippen LogP contribution in [0.4, 0.5) is 4.39 Å². The van der Waals surface area contributed by atoms with E-state index in [0.29, 0.717) is 19.5 Å². The molecule has 1 aliphatic heterocycles. The summed E-state index contributed by atoms with van der Waals surface area (Å²) in [5.41, 5.74) is 1.51. The monoisotopic (exact) mass is 294 g/mol. The first kappa shape index (κ1) is 15.9. The average molecular weight is 294 g/mol. The van der Waals surface area contributed by atoms with E-state index in [4.69, 9.17) is 0 Å². The first-order valence-electron chi connectivity index (χ1n) is 7.38. The van der Waals surface area contributed by atoms with Crippen LogP contribution in [0, 0.1) is 12.7 Å². The van der Waals surface area contributed by atoms with Crippen molar-refractivity contribution in [1.29, 1.82) is 0 Å². The Balaban J connectivity index is 1.84. The minimum atomic E-state index is -0.648. The molecule has 0 aliphatic carbocycles. The van der Waals surface area contributed by atoms with E-state index in [2.05, 4.69) is 0 Å². The highest BCUT2D eigenvalue weighted by Crippen LogP contribution is 2.19. The van der Waals surface area contributed by atoms with Crippen molar-refractivity contribution in [3.8, 4) is 0 Å². The van der Waals surface area contributed by atoms with E-state index >= 15 is 0 Å². The van der Waals surface area contributed by atoms with E-state index in [-0.39, 0.29) is 11.7 Å². The lowest BCUT2D eigenvalue weighted by atomic mass is 10.0. The normalized spacial score (nSPS) is 16.8. The van der Waals surface area contributed by atoms with Crippen molar-refractivity contribution in [1.82, 2.24) is 9.80 Å². The van der Waals surface area contributed by atoms with Crippen LogP contribution >= 0.6 is 0 Å². The van der Waals surface area contributed by atoms with Crippen molar-refractivity contribution in [2.24, 2.45) is 0 Å². The first-order chi connectivity index (χ1) is 9.97. The summed E-state index contributed by atoms with van der Waals surface area (Å²) >= 11 is 0. The fraction of sp³-hybridized carbons (Fsp3) is 0.562. The van der Waals surface area contributed by atoms with E-state index < -0.39 is 6.10 Å². The molecular formula is C16H23FN2O2. The molecule has 4 nitrogen and oxygen atoms in total. The maximum atomic E-state index is 13.1. The molecule has 1 atom stereocenters. The van der Waals surface area contributed by atoms with Crippen molar-refractivity contribution >= 4 is 5.91 Å². The van der Waals surface area contributed by atoms with E-state index in [1.807, 2.05) is 16.8 Å². The summed E-state index contributed by atoms with van der Waals surface area (Å²) in [6.07, 6.45) is 0.950. The van der Waals surface area contributed by atoms with Gasteiger partial charge in [-0.1, -0.05) is 6.07 Å². The third-order valence-corrected chi connectivity index (χ3v) is 4.00. The summed E-state index contributed by atoms with van der Waals surface area (Å²) in [7, 11) is 1.92. The summed E-state index contributed by atoms with van der Waals surface area (Å²) in [5, 5.41) is 10.3. The number of benzene rings is 1. The zero-order valence-electron chi connectivity index (χ0n) is 12.7. The average Bonchev–Trinajstić information content (AvgIpc) is 2.81. The number of carbonyl (C=O) groups excluding carboxylic acids is 1. The number of halogens is 1. The molecule has 1 fully saturated rings. The molecule has 5 heteroatoms. The van der Waals surface area contributed by atoms with Gasteiger partial charge in [0.25, 0.3) is 0 Å². The maximum absolute atomic E-state index is 13.1. The predicted molar refractivity (Wildman–Crippen MR) is 79.4 cm³/mol. The summed E-state index contributed by atoms with van der Waals surface area (Å²) < 4.78 is 13.1. The number of carbonyl (C=O) groups is 1. The summed E-state index contributed by atoms with van der Waals surface area (Å²) in [4.78, 5) is 15.4. The Morgan fingerprint density at radius 1 is 1.48 bits per heavy atom. The SMILES string of the molecule is Cc1cc(F)ccc1C(O)CN(C)CCN1CCCC1=O. The molecule has 116 valence electrons. The fourth-order valence-electron chi connectivity index (χ4n) is 2.73. The molecule has 1 amide bonds. The van der Waals surface area contributed by atoms with Crippen LogP contribution in [0.15, 0.2) is 18.2 Å². The number of hydrogen-bond acceptors (Lipinski definition) is 3. The highest BCUT2D eigenvalue weighted by atomic mass is 19.1. The van der Waals surface area contributed by atoms with Gasteiger partial charge in [-0.05, 0) is 43.7 Å². The van der Waals surface area contributed by atoms with Crippen molar-refractivity contribution in [2.45, 2.75) is 25.9 Å². The zero-order valence-corrected chi connectivity index (χ0v) is 12.7. The molecule has 1 saturated heterocycles. The van der Waals surface area contributed by atoms with Gasteiger partial charge in [-0.25, -0.2) is 4.39 Å². The van der Waals surface area contributed by atoms with Crippen LogP contribution in [0.5, 0.6) is 0 Å². The Morgan fingerprint density at radius 3 is 2.86 bits per heavy atom. The number of likely N-dealkylation sites (tertiary alicyclic amines) is 1. The molecule has 1 aliphatic rings. The van der Waals surface area contributed by atoms with Gasteiger partial charge in [0.05, 0.1) is 6.10 Å². The van der Waals surface area contributed by atoms with Crippen LogP contribution in [-0.2, 0) is 4.79 Å². The maximum Gasteiger partial charge on any atom is 0.222 e. The van der Waals surface area contributed by atoms with Crippen LogP contribution < -0.4 is 0 Å². The number of nitrogens with zero attached hydrogens (tertiary/aromatic N) is 2. The van der Waals surface area contributed by atoms with Gasteiger partial charge in [-0.15, -0.1) is 0 Å². The molecule has 0 bridgehead atoms. The van der Waals surface area contributed by atoms with E-state index in [1.54, 1.807) is 13.0 Å². The summed E-state index contributed by atoms with van der Waals surface area (Å²) in [5.74, 6) is -0.0670. The fourth-order valence-corrected chi connectivity index (χ4v) is 2.73. The Morgan fingerprint density at radius 2 is 2.24 bits per heavy atom. The lowest BCUT2D eigenvalue weighted by Gasteiger charge is -2.24. The van der Waals surface area contributed by atoms with Crippen LogP contribution in [0.25, 0.3) is 0 Å². The number of rotatable bonds is 6. The number of hydrogen-bond donors (Lipinski definition) is 1. The van der Waals surface area contributed by atoms with Crippen molar-refractivity contribution < 1.29 is 14.3 Å². The van der Waals surface area contributed by atoms with E-state index in [1.165, 1.54) is 12.1 Å². The Bertz CT molecular complexity index is 507. The quantitative estimate of drug-likeness (QED) is 0.869. The predicted octanol–water partition coefficient (Wildman–Crippen LogP) is 1.72. The topological polar surface area (TPSA) is 43.8 Å².